The fourth-order valence-electron chi connectivity index (χ4n) is 3.00. The lowest BCUT2D eigenvalue weighted by atomic mass is 9.94. The van der Waals surface area contributed by atoms with Crippen LogP contribution in [0.2, 0.25) is 0 Å². The van der Waals surface area contributed by atoms with E-state index in [-0.39, 0.29) is 5.91 Å². The standard InChI is InChI=1S/C16H18BrN3O/c17-13-5-1-4-12-6-7-15(19-16(12)13)20-8-2-3-11(10-20)9-14(18)21/h1,4-7,11H,2-3,8-10H2,(H2,18,21)/t11-/m1/s1. The van der Waals surface area contributed by atoms with E-state index in [1.54, 1.807) is 0 Å². The number of hydrogen-bond donors (Lipinski definition) is 1. The van der Waals surface area contributed by atoms with Crippen LogP contribution in [0.15, 0.2) is 34.8 Å². The highest BCUT2D eigenvalue weighted by Gasteiger charge is 2.22. The van der Waals surface area contributed by atoms with Gasteiger partial charge in [-0.05, 0) is 52.9 Å². The summed E-state index contributed by atoms with van der Waals surface area (Å²) in [6.07, 6.45) is 2.61. The molecular formula is C16H18BrN3O. The van der Waals surface area contributed by atoms with Crippen LogP contribution in [0.3, 0.4) is 0 Å². The van der Waals surface area contributed by atoms with Gasteiger partial charge >= 0.3 is 0 Å². The van der Waals surface area contributed by atoms with E-state index in [1.165, 1.54) is 0 Å². The third-order valence-electron chi connectivity index (χ3n) is 3.99. The number of benzene rings is 1. The monoisotopic (exact) mass is 347 g/mol. The summed E-state index contributed by atoms with van der Waals surface area (Å²) in [6.45, 7) is 1.84. The van der Waals surface area contributed by atoms with Crippen molar-refractivity contribution in [2.75, 3.05) is 18.0 Å². The SMILES string of the molecule is NC(=O)C[C@H]1CCCN(c2ccc3cccc(Br)c3n2)C1. The van der Waals surface area contributed by atoms with Crippen LogP contribution in [0, 0.1) is 5.92 Å². The van der Waals surface area contributed by atoms with E-state index in [9.17, 15) is 4.79 Å². The van der Waals surface area contributed by atoms with E-state index < -0.39 is 0 Å². The summed E-state index contributed by atoms with van der Waals surface area (Å²) < 4.78 is 1.01. The largest absolute Gasteiger partial charge is 0.370 e. The number of fused-ring (bicyclic) bond motifs is 1. The van der Waals surface area contributed by atoms with Gasteiger partial charge in [0, 0.05) is 29.4 Å². The number of pyridine rings is 1. The second-order valence-electron chi connectivity index (χ2n) is 5.61. The molecule has 0 unspecified atom stereocenters. The number of halogens is 1. The number of anilines is 1. The number of carbonyl (C=O) groups excluding carboxylic acids is 1. The van der Waals surface area contributed by atoms with Crippen LogP contribution in [0.25, 0.3) is 10.9 Å². The number of rotatable bonds is 3. The van der Waals surface area contributed by atoms with Crippen molar-refractivity contribution in [3.05, 3.63) is 34.8 Å². The zero-order valence-electron chi connectivity index (χ0n) is 11.8. The summed E-state index contributed by atoms with van der Waals surface area (Å²) in [5, 5.41) is 1.12. The van der Waals surface area contributed by atoms with E-state index in [1.807, 2.05) is 12.1 Å². The summed E-state index contributed by atoms with van der Waals surface area (Å²) in [4.78, 5) is 18.1. The summed E-state index contributed by atoms with van der Waals surface area (Å²) in [5.74, 6) is 1.10. The van der Waals surface area contributed by atoms with Crippen molar-refractivity contribution in [3.63, 3.8) is 0 Å². The molecule has 1 aliphatic rings. The predicted octanol–water partition coefficient (Wildman–Crippen LogP) is 3.09. The van der Waals surface area contributed by atoms with Gasteiger partial charge in [0.2, 0.25) is 5.91 Å². The Hall–Kier alpha value is -1.62. The van der Waals surface area contributed by atoms with Crippen molar-refractivity contribution in [2.24, 2.45) is 11.7 Å². The van der Waals surface area contributed by atoms with E-state index in [0.29, 0.717) is 12.3 Å². The van der Waals surface area contributed by atoms with Gasteiger partial charge in [-0.2, -0.15) is 0 Å². The lowest BCUT2D eigenvalue weighted by Gasteiger charge is -2.33. The third kappa shape index (κ3) is 3.18. The number of nitrogens with two attached hydrogens (primary N) is 1. The number of piperidine rings is 1. The van der Waals surface area contributed by atoms with Crippen LogP contribution < -0.4 is 10.6 Å². The molecule has 0 bridgehead atoms. The first kappa shape index (κ1) is 14.3. The average Bonchev–Trinajstić information content (AvgIpc) is 2.47. The molecule has 0 saturated carbocycles. The molecule has 1 aliphatic heterocycles. The first-order valence-electron chi connectivity index (χ1n) is 7.22. The second-order valence-corrected chi connectivity index (χ2v) is 6.46. The van der Waals surface area contributed by atoms with Gasteiger partial charge in [0.15, 0.2) is 0 Å². The number of aromatic nitrogens is 1. The molecule has 5 heteroatoms. The van der Waals surface area contributed by atoms with E-state index in [2.05, 4.69) is 39.0 Å². The molecular weight excluding hydrogens is 330 g/mol. The molecule has 1 aromatic heterocycles. The highest BCUT2D eigenvalue weighted by atomic mass is 79.9. The molecule has 2 aromatic rings. The Morgan fingerprint density at radius 1 is 1.38 bits per heavy atom. The zero-order valence-corrected chi connectivity index (χ0v) is 13.3. The topological polar surface area (TPSA) is 59.2 Å². The minimum atomic E-state index is -0.212. The smallest absolute Gasteiger partial charge is 0.217 e. The summed E-state index contributed by atoms with van der Waals surface area (Å²) >= 11 is 3.56. The van der Waals surface area contributed by atoms with Crippen LogP contribution in [0.4, 0.5) is 5.82 Å². The first-order valence-corrected chi connectivity index (χ1v) is 8.01. The lowest BCUT2D eigenvalue weighted by Crippen LogP contribution is -2.37. The summed E-state index contributed by atoms with van der Waals surface area (Å²) in [6, 6.07) is 10.2. The Labute approximate surface area is 132 Å². The van der Waals surface area contributed by atoms with Gasteiger partial charge in [0.05, 0.1) is 5.52 Å². The Kier molecular flexibility index (Phi) is 4.10. The normalized spacial score (nSPS) is 18.9. The van der Waals surface area contributed by atoms with Gasteiger partial charge in [0.25, 0.3) is 0 Å². The molecule has 1 aromatic carbocycles. The van der Waals surface area contributed by atoms with Crippen LogP contribution in [-0.2, 0) is 4.79 Å². The lowest BCUT2D eigenvalue weighted by molar-refractivity contribution is -0.118. The zero-order chi connectivity index (χ0) is 14.8. The van der Waals surface area contributed by atoms with Gasteiger partial charge in [-0.15, -0.1) is 0 Å². The van der Waals surface area contributed by atoms with E-state index >= 15 is 0 Å². The fraction of sp³-hybridized carbons (Fsp3) is 0.375. The molecule has 3 rings (SSSR count). The maximum atomic E-state index is 11.1. The number of primary amides is 1. The first-order chi connectivity index (χ1) is 10.1. The quantitative estimate of drug-likeness (QED) is 0.927. The number of amides is 1. The molecule has 1 amide bonds. The highest BCUT2D eigenvalue weighted by molar-refractivity contribution is 9.10. The number of hydrogen-bond acceptors (Lipinski definition) is 3. The van der Waals surface area contributed by atoms with Crippen molar-refractivity contribution in [2.45, 2.75) is 19.3 Å². The molecule has 4 nitrogen and oxygen atoms in total. The maximum Gasteiger partial charge on any atom is 0.217 e. The van der Waals surface area contributed by atoms with Crippen molar-refractivity contribution in [3.8, 4) is 0 Å². The molecule has 1 atom stereocenters. The molecule has 110 valence electrons. The molecule has 2 heterocycles. The predicted molar refractivity (Wildman–Crippen MR) is 88.2 cm³/mol. The van der Waals surface area contributed by atoms with Crippen LogP contribution >= 0.6 is 15.9 Å². The van der Waals surface area contributed by atoms with Crippen molar-refractivity contribution < 1.29 is 4.79 Å². The molecule has 0 radical (unpaired) electrons. The molecule has 1 fully saturated rings. The minimum Gasteiger partial charge on any atom is -0.370 e. The van der Waals surface area contributed by atoms with E-state index in [4.69, 9.17) is 10.7 Å². The summed E-state index contributed by atoms with van der Waals surface area (Å²) in [5.41, 5.74) is 6.30. The molecule has 0 spiro atoms. The highest BCUT2D eigenvalue weighted by Crippen LogP contribution is 2.28. The Morgan fingerprint density at radius 3 is 3.05 bits per heavy atom. The Morgan fingerprint density at radius 2 is 2.24 bits per heavy atom. The van der Waals surface area contributed by atoms with Crippen LogP contribution in [0.1, 0.15) is 19.3 Å². The van der Waals surface area contributed by atoms with Crippen molar-refractivity contribution in [1.29, 1.82) is 0 Å². The number of nitrogens with zero attached hydrogens (tertiary/aromatic N) is 2. The second kappa shape index (κ2) is 6.02. The molecule has 0 aliphatic carbocycles. The number of para-hydroxylation sites is 1. The summed E-state index contributed by atoms with van der Waals surface area (Å²) in [7, 11) is 0. The third-order valence-corrected chi connectivity index (χ3v) is 4.63. The average molecular weight is 348 g/mol. The molecule has 21 heavy (non-hydrogen) atoms. The number of carbonyl (C=O) groups is 1. The Bertz CT molecular complexity index is 674. The molecule has 1 saturated heterocycles. The van der Waals surface area contributed by atoms with Gasteiger partial charge in [0.1, 0.15) is 5.82 Å². The van der Waals surface area contributed by atoms with Crippen molar-refractivity contribution >= 4 is 38.6 Å². The van der Waals surface area contributed by atoms with Gasteiger partial charge in [-0.1, -0.05) is 12.1 Å². The Balaban J connectivity index is 1.86. The van der Waals surface area contributed by atoms with Gasteiger partial charge < -0.3 is 10.6 Å². The minimum absolute atomic E-state index is 0.212. The fourth-order valence-corrected chi connectivity index (χ4v) is 3.47. The molecule has 2 N–H and O–H groups in total. The maximum absolute atomic E-state index is 11.1. The van der Waals surface area contributed by atoms with Crippen LogP contribution in [0.5, 0.6) is 0 Å². The van der Waals surface area contributed by atoms with E-state index in [0.717, 1.165) is 47.1 Å². The van der Waals surface area contributed by atoms with Crippen LogP contribution in [-0.4, -0.2) is 24.0 Å². The van der Waals surface area contributed by atoms with Crippen molar-refractivity contribution in [1.82, 2.24) is 4.98 Å². The van der Waals surface area contributed by atoms with Gasteiger partial charge in [-0.25, -0.2) is 4.98 Å². The van der Waals surface area contributed by atoms with Gasteiger partial charge in [-0.3, -0.25) is 4.79 Å².